The smallest absolute Gasteiger partial charge is 0.244 e. The molecule has 0 saturated heterocycles. The summed E-state index contributed by atoms with van der Waals surface area (Å²) in [5.41, 5.74) is 1.62. The molecule has 0 radical (unpaired) electrons. The maximum absolute atomic E-state index is 14.3. The van der Waals surface area contributed by atoms with Gasteiger partial charge in [0.15, 0.2) is 11.5 Å². The van der Waals surface area contributed by atoms with Crippen LogP contribution in [0.2, 0.25) is 10.0 Å². The number of carbonyl (C=O) groups is 2. The van der Waals surface area contributed by atoms with E-state index >= 15 is 0 Å². The number of halogens is 2. The topological polar surface area (TPSA) is 105 Å². The van der Waals surface area contributed by atoms with Crippen molar-refractivity contribution in [1.29, 1.82) is 0 Å². The summed E-state index contributed by atoms with van der Waals surface area (Å²) in [6.45, 7) is 3.91. The number of amides is 2. The molecule has 0 saturated carbocycles. The highest BCUT2D eigenvalue weighted by Crippen LogP contribution is 2.35. The average Bonchev–Trinajstić information content (AvgIpc) is 2.98. The van der Waals surface area contributed by atoms with Gasteiger partial charge in [0.1, 0.15) is 25.8 Å². The van der Waals surface area contributed by atoms with Gasteiger partial charge in [0.05, 0.1) is 11.9 Å². The van der Waals surface area contributed by atoms with E-state index < -0.39 is 28.5 Å². The van der Waals surface area contributed by atoms with Crippen LogP contribution in [0.4, 0.5) is 5.69 Å². The second kappa shape index (κ2) is 14.3. The van der Waals surface area contributed by atoms with Gasteiger partial charge < -0.3 is 19.7 Å². The van der Waals surface area contributed by atoms with E-state index in [1.807, 2.05) is 44.2 Å². The maximum atomic E-state index is 14.3. The normalized spacial score (nSPS) is 14.0. The minimum atomic E-state index is -3.94. The van der Waals surface area contributed by atoms with Crippen LogP contribution < -0.4 is 19.1 Å². The zero-order chi connectivity index (χ0) is 31.1. The molecule has 0 unspecified atom stereocenters. The van der Waals surface area contributed by atoms with Gasteiger partial charge in [0.2, 0.25) is 21.8 Å². The average molecular weight is 649 g/mol. The SMILES string of the molecule is CC[C@@H](C)NC(=O)[C@@H](Cc1ccccc1)N(Cc1ccc(Cl)cc1Cl)C(=O)CN(c1ccc2c(c1)OCCO2)S(C)(=O)=O. The highest BCUT2D eigenvalue weighted by atomic mass is 35.5. The Morgan fingerprint density at radius 1 is 0.977 bits per heavy atom. The molecule has 0 aromatic heterocycles. The molecule has 0 bridgehead atoms. The number of anilines is 1. The van der Waals surface area contributed by atoms with Gasteiger partial charge in [-0.05, 0) is 48.7 Å². The van der Waals surface area contributed by atoms with E-state index in [0.717, 1.165) is 16.1 Å². The van der Waals surface area contributed by atoms with E-state index in [-0.39, 0.29) is 30.6 Å². The summed E-state index contributed by atoms with van der Waals surface area (Å²) in [5, 5.41) is 3.73. The minimum absolute atomic E-state index is 0.0565. The lowest BCUT2D eigenvalue weighted by Crippen LogP contribution is -2.54. The molecule has 2 amide bonds. The van der Waals surface area contributed by atoms with E-state index in [2.05, 4.69) is 5.32 Å². The molecule has 0 spiro atoms. The Morgan fingerprint density at radius 2 is 1.67 bits per heavy atom. The molecule has 0 fully saturated rings. The number of carbonyl (C=O) groups excluding carboxylic acids is 2. The predicted molar refractivity (Wildman–Crippen MR) is 168 cm³/mol. The third-order valence-electron chi connectivity index (χ3n) is 7.12. The molecule has 4 rings (SSSR count). The summed E-state index contributed by atoms with van der Waals surface area (Å²) in [4.78, 5) is 29.4. The van der Waals surface area contributed by atoms with E-state index in [9.17, 15) is 18.0 Å². The number of ether oxygens (including phenoxy) is 2. The fourth-order valence-electron chi connectivity index (χ4n) is 4.63. The van der Waals surface area contributed by atoms with Crippen molar-refractivity contribution in [2.45, 2.75) is 45.3 Å². The van der Waals surface area contributed by atoms with Crippen molar-refractivity contribution < 1.29 is 27.5 Å². The first kappa shape index (κ1) is 32.4. The summed E-state index contributed by atoms with van der Waals surface area (Å²) in [7, 11) is -3.94. The van der Waals surface area contributed by atoms with Gasteiger partial charge in [-0.15, -0.1) is 0 Å². The van der Waals surface area contributed by atoms with Gasteiger partial charge in [0, 0.05) is 35.1 Å². The van der Waals surface area contributed by atoms with Crippen molar-refractivity contribution in [3.63, 3.8) is 0 Å². The Labute approximate surface area is 262 Å². The molecule has 2 atom stereocenters. The Bertz CT molecular complexity index is 1550. The summed E-state index contributed by atoms with van der Waals surface area (Å²) in [6.07, 6.45) is 1.91. The Balaban J connectivity index is 1.75. The van der Waals surface area contributed by atoms with Crippen LogP contribution in [0.1, 0.15) is 31.4 Å². The quantitative estimate of drug-likeness (QED) is 0.294. The van der Waals surface area contributed by atoms with Gasteiger partial charge in [-0.2, -0.15) is 0 Å². The van der Waals surface area contributed by atoms with E-state index in [4.69, 9.17) is 32.7 Å². The van der Waals surface area contributed by atoms with Crippen molar-refractivity contribution in [2.24, 2.45) is 0 Å². The van der Waals surface area contributed by atoms with Crippen LogP contribution in [0.25, 0.3) is 0 Å². The third kappa shape index (κ3) is 8.55. The molecular weight excluding hydrogens is 613 g/mol. The number of sulfonamides is 1. The van der Waals surface area contributed by atoms with Gasteiger partial charge in [-0.25, -0.2) is 8.42 Å². The summed E-state index contributed by atoms with van der Waals surface area (Å²) in [5.74, 6) is -0.0867. The van der Waals surface area contributed by atoms with Gasteiger partial charge in [-0.3, -0.25) is 13.9 Å². The molecule has 3 aromatic carbocycles. The van der Waals surface area contributed by atoms with Crippen LogP contribution in [-0.2, 0) is 32.6 Å². The van der Waals surface area contributed by atoms with Crippen molar-refractivity contribution in [1.82, 2.24) is 10.2 Å². The van der Waals surface area contributed by atoms with Gasteiger partial charge in [-0.1, -0.05) is 66.5 Å². The monoisotopic (exact) mass is 647 g/mol. The number of hydrogen-bond acceptors (Lipinski definition) is 6. The van der Waals surface area contributed by atoms with Crippen LogP contribution in [0.5, 0.6) is 11.5 Å². The first-order valence-electron chi connectivity index (χ1n) is 13.9. The Morgan fingerprint density at radius 3 is 2.33 bits per heavy atom. The Hall–Kier alpha value is -3.47. The van der Waals surface area contributed by atoms with Crippen LogP contribution in [0, 0.1) is 0 Å². The molecule has 1 aliphatic rings. The fraction of sp³-hybridized carbons (Fsp3) is 0.355. The Kier molecular flexibility index (Phi) is 10.8. The second-order valence-corrected chi connectivity index (χ2v) is 13.1. The largest absolute Gasteiger partial charge is 0.486 e. The zero-order valence-electron chi connectivity index (χ0n) is 24.3. The van der Waals surface area contributed by atoms with Crippen LogP contribution in [0.3, 0.4) is 0 Å². The molecule has 9 nitrogen and oxygen atoms in total. The lowest BCUT2D eigenvalue weighted by molar-refractivity contribution is -0.140. The maximum Gasteiger partial charge on any atom is 0.244 e. The number of benzene rings is 3. The number of rotatable bonds is 12. The standard InChI is InChI=1S/C31H35Cl2N3O6S/c1-4-21(2)34-31(38)27(16-22-8-6-5-7-9-22)35(19-23-10-11-24(32)17-26(23)33)30(37)20-36(43(3,39)40)25-12-13-28-29(18-25)42-15-14-41-28/h5-13,17-18,21,27H,4,14-16,19-20H2,1-3H3,(H,34,38)/t21-,27-/m1/s1. The molecule has 0 aliphatic carbocycles. The lowest BCUT2D eigenvalue weighted by Gasteiger charge is -2.34. The molecule has 3 aromatic rings. The number of hydrogen-bond donors (Lipinski definition) is 1. The number of nitrogens with one attached hydrogen (secondary N) is 1. The summed E-state index contributed by atoms with van der Waals surface area (Å²) in [6, 6.07) is 17.8. The highest BCUT2D eigenvalue weighted by Gasteiger charge is 2.34. The second-order valence-electron chi connectivity index (χ2n) is 10.4. The fourth-order valence-corrected chi connectivity index (χ4v) is 5.94. The van der Waals surface area contributed by atoms with Crippen molar-refractivity contribution in [2.75, 3.05) is 30.3 Å². The number of nitrogens with zero attached hydrogens (tertiary/aromatic N) is 2. The minimum Gasteiger partial charge on any atom is -0.486 e. The highest BCUT2D eigenvalue weighted by molar-refractivity contribution is 7.92. The summed E-state index contributed by atoms with van der Waals surface area (Å²) < 4.78 is 38.3. The van der Waals surface area contributed by atoms with Crippen LogP contribution >= 0.6 is 23.2 Å². The van der Waals surface area contributed by atoms with E-state index in [1.54, 1.807) is 30.3 Å². The predicted octanol–water partition coefficient (Wildman–Crippen LogP) is 5.09. The van der Waals surface area contributed by atoms with Crippen LogP contribution in [0.15, 0.2) is 66.7 Å². The van der Waals surface area contributed by atoms with Crippen molar-refractivity contribution >= 4 is 50.7 Å². The zero-order valence-corrected chi connectivity index (χ0v) is 26.6. The third-order valence-corrected chi connectivity index (χ3v) is 8.85. The molecule has 43 heavy (non-hydrogen) atoms. The molecule has 230 valence electrons. The molecule has 1 aliphatic heterocycles. The summed E-state index contributed by atoms with van der Waals surface area (Å²) >= 11 is 12.6. The molecule has 1 N–H and O–H groups in total. The molecule has 1 heterocycles. The van der Waals surface area contributed by atoms with Gasteiger partial charge in [0.25, 0.3) is 0 Å². The van der Waals surface area contributed by atoms with Crippen LogP contribution in [-0.4, -0.2) is 63.2 Å². The lowest BCUT2D eigenvalue weighted by atomic mass is 10.0. The van der Waals surface area contributed by atoms with Crippen molar-refractivity contribution in [3.05, 3.63) is 87.9 Å². The van der Waals surface area contributed by atoms with Gasteiger partial charge >= 0.3 is 0 Å². The first-order valence-corrected chi connectivity index (χ1v) is 16.5. The first-order chi connectivity index (χ1) is 20.5. The van der Waals surface area contributed by atoms with E-state index in [0.29, 0.717) is 46.7 Å². The van der Waals surface area contributed by atoms with Crippen molar-refractivity contribution in [3.8, 4) is 11.5 Å². The number of fused-ring (bicyclic) bond motifs is 1. The molecular formula is C31H35Cl2N3O6S. The molecule has 12 heteroatoms. The van der Waals surface area contributed by atoms with E-state index in [1.165, 1.54) is 11.0 Å².